The Labute approximate surface area is 90.2 Å². The van der Waals surface area contributed by atoms with Crippen LogP contribution in [-0.4, -0.2) is 25.8 Å². The van der Waals surface area contributed by atoms with Crippen LogP contribution in [-0.2, 0) is 11.3 Å². The Bertz CT molecular complexity index is 507. The second-order valence-electron chi connectivity index (χ2n) is 3.18. The molecule has 0 unspecified atom stereocenters. The van der Waals surface area contributed by atoms with Crippen molar-refractivity contribution < 1.29 is 14.3 Å². The lowest BCUT2D eigenvalue weighted by molar-refractivity contribution is -0.137. The molecule has 6 heteroatoms. The summed E-state index contributed by atoms with van der Waals surface area (Å²) < 4.78 is 14.1. The van der Waals surface area contributed by atoms with E-state index in [0.717, 1.165) is 0 Å². The van der Waals surface area contributed by atoms with Gasteiger partial charge in [0.15, 0.2) is 5.82 Å². The van der Waals surface area contributed by atoms with E-state index in [1.54, 1.807) is 0 Å². The highest BCUT2D eigenvalue weighted by atomic mass is 19.1. The molecule has 0 spiro atoms. The highest BCUT2D eigenvalue weighted by molar-refractivity contribution is 5.68. The standard InChI is InChI=1S/C10H8FN3O2/c11-8-3-1-7(2-4-8)10-13-12-6-14(10)5-9(15)16/h1-4,6H,5H2,(H,15,16). The van der Waals surface area contributed by atoms with E-state index in [2.05, 4.69) is 10.2 Å². The number of aromatic nitrogens is 3. The Morgan fingerprint density at radius 3 is 2.69 bits per heavy atom. The van der Waals surface area contributed by atoms with E-state index in [4.69, 9.17) is 5.11 Å². The van der Waals surface area contributed by atoms with Crippen molar-refractivity contribution in [3.8, 4) is 11.4 Å². The number of hydrogen-bond donors (Lipinski definition) is 1. The Kier molecular flexibility index (Phi) is 2.63. The summed E-state index contributed by atoms with van der Waals surface area (Å²) in [6.45, 7) is -0.223. The minimum Gasteiger partial charge on any atom is -0.480 e. The zero-order chi connectivity index (χ0) is 11.5. The zero-order valence-corrected chi connectivity index (χ0v) is 8.17. The topological polar surface area (TPSA) is 68.0 Å². The number of carboxylic acids is 1. The number of benzene rings is 1. The maximum Gasteiger partial charge on any atom is 0.323 e. The van der Waals surface area contributed by atoms with Gasteiger partial charge in [0.05, 0.1) is 0 Å². The summed E-state index contributed by atoms with van der Waals surface area (Å²) in [6, 6.07) is 5.62. The number of carboxylic acid groups (broad SMARTS) is 1. The van der Waals surface area contributed by atoms with Crippen molar-refractivity contribution in [1.29, 1.82) is 0 Å². The third kappa shape index (κ3) is 2.05. The van der Waals surface area contributed by atoms with Crippen LogP contribution in [0.25, 0.3) is 11.4 Å². The number of nitrogens with zero attached hydrogens (tertiary/aromatic N) is 3. The molecule has 2 aromatic rings. The van der Waals surface area contributed by atoms with Crippen LogP contribution in [0.2, 0.25) is 0 Å². The van der Waals surface area contributed by atoms with E-state index in [1.165, 1.54) is 35.2 Å². The van der Waals surface area contributed by atoms with Gasteiger partial charge in [-0.1, -0.05) is 0 Å². The summed E-state index contributed by atoms with van der Waals surface area (Å²) in [4.78, 5) is 10.6. The smallest absolute Gasteiger partial charge is 0.323 e. The molecule has 0 aliphatic heterocycles. The Balaban J connectivity index is 2.36. The summed E-state index contributed by atoms with van der Waals surface area (Å²) in [6.07, 6.45) is 1.33. The van der Waals surface area contributed by atoms with Gasteiger partial charge in [0.2, 0.25) is 0 Å². The van der Waals surface area contributed by atoms with Gasteiger partial charge in [0.25, 0.3) is 0 Å². The maximum absolute atomic E-state index is 12.7. The number of rotatable bonds is 3. The zero-order valence-electron chi connectivity index (χ0n) is 8.17. The molecule has 2 rings (SSSR count). The fourth-order valence-electron chi connectivity index (χ4n) is 1.34. The first-order valence-corrected chi connectivity index (χ1v) is 4.52. The molecule has 0 atom stereocenters. The summed E-state index contributed by atoms with van der Waals surface area (Å²) >= 11 is 0. The molecule has 0 saturated heterocycles. The van der Waals surface area contributed by atoms with Crippen molar-refractivity contribution in [3.05, 3.63) is 36.4 Å². The van der Waals surface area contributed by atoms with Crippen molar-refractivity contribution in [2.45, 2.75) is 6.54 Å². The molecule has 5 nitrogen and oxygen atoms in total. The Hall–Kier alpha value is -2.24. The fourth-order valence-corrected chi connectivity index (χ4v) is 1.34. The molecule has 1 N–H and O–H groups in total. The third-order valence-corrected chi connectivity index (χ3v) is 2.02. The molecule has 1 aromatic heterocycles. The van der Waals surface area contributed by atoms with Crippen molar-refractivity contribution >= 4 is 5.97 Å². The molecule has 0 amide bonds. The van der Waals surface area contributed by atoms with E-state index in [9.17, 15) is 9.18 Å². The quantitative estimate of drug-likeness (QED) is 0.844. The summed E-state index contributed by atoms with van der Waals surface area (Å²) in [5, 5.41) is 16.1. The van der Waals surface area contributed by atoms with Gasteiger partial charge in [-0.3, -0.25) is 4.79 Å². The van der Waals surface area contributed by atoms with Gasteiger partial charge in [-0.05, 0) is 24.3 Å². The largest absolute Gasteiger partial charge is 0.480 e. The second kappa shape index (κ2) is 4.09. The monoisotopic (exact) mass is 221 g/mol. The van der Waals surface area contributed by atoms with Crippen LogP contribution < -0.4 is 0 Å². The van der Waals surface area contributed by atoms with Gasteiger partial charge in [0, 0.05) is 5.56 Å². The summed E-state index contributed by atoms with van der Waals surface area (Å²) in [5.41, 5.74) is 0.625. The van der Waals surface area contributed by atoms with Crippen molar-refractivity contribution in [1.82, 2.24) is 14.8 Å². The number of aliphatic carboxylic acids is 1. The summed E-state index contributed by atoms with van der Waals surface area (Å²) in [5.74, 6) is -0.932. The van der Waals surface area contributed by atoms with E-state index in [0.29, 0.717) is 11.4 Å². The van der Waals surface area contributed by atoms with Crippen molar-refractivity contribution in [3.63, 3.8) is 0 Å². The molecule has 0 aliphatic carbocycles. The Morgan fingerprint density at radius 2 is 2.06 bits per heavy atom. The lowest BCUT2D eigenvalue weighted by atomic mass is 10.2. The second-order valence-corrected chi connectivity index (χ2v) is 3.18. The van der Waals surface area contributed by atoms with Gasteiger partial charge >= 0.3 is 5.97 Å². The average Bonchev–Trinajstić information content (AvgIpc) is 2.66. The lowest BCUT2D eigenvalue weighted by Crippen LogP contribution is -2.09. The first-order chi connectivity index (χ1) is 7.66. The molecule has 1 heterocycles. The van der Waals surface area contributed by atoms with Crippen LogP contribution in [0.5, 0.6) is 0 Å². The van der Waals surface area contributed by atoms with Gasteiger partial charge in [-0.15, -0.1) is 10.2 Å². The highest BCUT2D eigenvalue weighted by Crippen LogP contribution is 2.16. The minimum absolute atomic E-state index is 0.223. The predicted molar refractivity (Wildman–Crippen MR) is 53.1 cm³/mol. The van der Waals surface area contributed by atoms with E-state index < -0.39 is 5.97 Å². The first kappa shape index (κ1) is 10.3. The van der Waals surface area contributed by atoms with Crippen LogP contribution in [0.3, 0.4) is 0 Å². The normalized spacial score (nSPS) is 10.3. The molecule has 0 radical (unpaired) electrons. The molecule has 0 fully saturated rings. The molecule has 82 valence electrons. The van der Waals surface area contributed by atoms with Crippen LogP contribution >= 0.6 is 0 Å². The third-order valence-electron chi connectivity index (χ3n) is 2.02. The number of carbonyl (C=O) groups is 1. The maximum atomic E-state index is 12.7. The van der Waals surface area contributed by atoms with Crippen molar-refractivity contribution in [2.24, 2.45) is 0 Å². The van der Waals surface area contributed by atoms with Crippen LogP contribution in [0.4, 0.5) is 4.39 Å². The number of hydrogen-bond acceptors (Lipinski definition) is 3. The van der Waals surface area contributed by atoms with Crippen LogP contribution in [0.1, 0.15) is 0 Å². The van der Waals surface area contributed by atoms with Gasteiger partial charge in [0.1, 0.15) is 18.7 Å². The molecular formula is C10H8FN3O2. The molecule has 16 heavy (non-hydrogen) atoms. The van der Waals surface area contributed by atoms with E-state index in [-0.39, 0.29) is 12.4 Å². The van der Waals surface area contributed by atoms with Gasteiger partial charge in [-0.25, -0.2) is 4.39 Å². The summed E-state index contributed by atoms with van der Waals surface area (Å²) in [7, 11) is 0. The molecule has 0 saturated carbocycles. The Morgan fingerprint density at radius 1 is 1.38 bits per heavy atom. The van der Waals surface area contributed by atoms with Gasteiger partial charge < -0.3 is 9.67 Å². The predicted octanol–water partition coefficient (Wildman–Crippen LogP) is 1.17. The molecular weight excluding hydrogens is 213 g/mol. The lowest BCUT2D eigenvalue weighted by Gasteiger charge is -2.02. The van der Waals surface area contributed by atoms with E-state index >= 15 is 0 Å². The highest BCUT2D eigenvalue weighted by Gasteiger charge is 2.09. The molecule has 0 bridgehead atoms. The van der Waals surface area contributed by atoms with Crippen molar-refractivity contribution in [2.75, 3.05) is 0 Å². The van der Waals surface area contributed by atoms with E-state index in [1.807, 2.05) is 0 Å². The van der Waals surface area contributed by atoms with Crippen LogP contribution in [0, 0.1) is 5.82 Å². The first-order valence-electron chi connectivity index (χ1n) is 4.52. The van der Waals surface area contributed by atoms with Gasteiger partial charge in [-0.2, -0.15) is 0 Å². The number of halogens is 1. The minimum atomic E-state index is -0.983. The molecule has 0 aliphatic rings. The molecule has 1 aromatic carbocycles. The van der Waals surface area contributed by atoms with Crippen LogP contribution in [0.15, 0.2) is 30.6 Å². The SMILES string of the molecule is O=C(O)Cn1cnnc1-c1ccc(F)cc1. The average molecular weight is 221 g/mol. The fraction of sp³-hybridized carbons (Fsp3) is 0.100.